The Morgan fingerprint density at radius 2 is 2.08 bits per heavy atom. The molecule has 3 aromatic heterocycles. The lowest BCUT2D eigenvalue weighted by Gasteiger charge is -2.35. The summed E-state index contributed by atoms with van der Waals surface area (Å²) in [6.07, 6.45) is 7.68. The van der Waals surface area contributed by atoms with Gasteiger partial charge in [-0.05, 0) is 25.2 Å². The standard InChI is InChI=1S/C18H24N6O/c1-3-14-12-16(24-15(21-14)4-7-20-24)23-9-5-13(6-10-23)17(25)18-19-8-11-22(18)2/h4,7-8,11-13,17,25H,3,5-6,9-10H2,1-2H3. The minimum Gasteiger partial charge on any atom is -0.385 e. The van der Waals surface area contributed by atoms with Gasteiger partial charge < -0.3 is 14.6 Å². The molecule has 1 aliphatic rings. The second kappa shape index (κ2) is 6.48. The quantitative estimate of drug-likeness (QED) is 0.786. The Balaban J connectivity index is 1.52. The number of piperidine rings is 1. The van der Waals surface area contributed by atoms with Crippen LogP contribution in [0.25, 0.3) is 5.65 Å². The van der Waals surface area contributed by atoms with Crippen LogP contribution in [0.15, 0.2) is 30.7 Å². The molecule has 7 heteroatoms. The van der Waals surface area contributed by atoms with Crippen LogP contribution in [-0.4, -0.2) is 42.3 Å². The molecule has 4 heterocycles. The normalized spacial score (nSPS) is 17.3. The van der Waals surface area contributed by atoms with Crippen LogP contribution in [-0.2, 0) is 13.5 Å². The first-order valence-electron chi connectivity index (χ1n) is 8.91. The third-order valence-corrected chi connectivity index (χ3v) is 5.19. The van der Waals surface area contributed by atoms with Crippen LogP contribution in [0.2, 0.25) is 0 Å². The number of imidazole rings is 1. The van der Waals surface area contributed by atoms with Gasteiger partial charge in [-0.15, -0.1) is 0 Å². The van der Waals surface area contributed by atoms with Gasteiger partial charge in [0.25, 0.3) is 0 Å². The fraction of sp³-hybridized carbons (Fsp3) is 0.500. The van der Waals surface area contributed by atoms with Crippen molar-refractivity contribution in [2.24, 2.45) is 13.0 Å². The van der Waals surface area contributed by atoms with Crippen molar-refractivity contribution in [2.75, 3.05) is 18.0 Å². The van der Waals surface area contributed by atoms with Crippen LogP contribution < -0.4 is 4.90 Å². The lowest BCUT2D eigenvalue weighted by atomic mass is 9.90. The van der Waals surface area contributed by atoms with E-state index in [1.165, 1.54) is 0 Å². The summed E-state index contributed by atoms with van der Waals surface area (Å²) in [5, 5.41) is 15.1. The van der Waals surface area contributed by atoms with Gasteiger partial charge in [-0.3, -0.25) is 0 Å². The number of aliphatic hydroxyl groups is 1. The van der Waals surface area contributed by atoms with Gasteiger partial charge in [0, 0.05) is 50.4 Å². The average Bonchev–Trinajstić information content (AvgIpc) is 3.29. The van der Waals surface area contributed by atoms with E-state index in [1.54, 1.807) is 12.4 Å². The third-order valence-electron chi connectivity index (χ3n) is 5.19. The van der Waals surface area contributed by atoms with Crippen LogP contribution in [0.5, 0.6) is 0 Å². The van der Waals surface area contributed by atoms with Crippen LogP contribution >= 0.6 is 0 Å². The summed E-state index contributed by atoms with van der Waals surface area (Å²) < 4.78 is 3.81. The first-order chi connectivity index (χ1) is 12.2. The van der Waals surface area contributed by atoms with E-state index in [1.807, 2.05) is 28.4 Å². The van der Waals surface area contributed by atoms with Crippen molar-refractivity contribution in [3.63, 3.8) is 0 Å². The zero-order valence-electron chi connectivity index (χ0n) is 14.7. The van der Waals surface area contributed by atoms with E-state index in [4.69, 9.17) is 0 Å². The molecule has 3 aromatic rings. The van der Waals surface area contributed by atoms with Crippen molar-refractivity contribution in [1.82, 2.24) is 24.1 Å². The highest BCUT2D eigenvalue weighted by Gasteiger charge is 2.29. The van der Waals surface area contributed by atoms with E-state index in [0.717, 1.165) is 55.3 Å². The Kier molecular flexibility index (Phi) is 4.17. The van der Waals surface area contributed by atoms with Crippen LogP contribution in [0.3, 0.4) is 0 Å². The lowest BCUT2D eigenvalue weighted by molar-refractivity contribution is 0.0823. The third kappa shape index (κ3) is 2.89. The zero-order chi connectivity index (χ0) is 17.4. The Morgan fingerprint density at radius 3 is 2.76 bits per heavy atom. The van der Waals surface area contributed by atoms with Gasteiger partial charge in [-0.1, -0.05) is 6.92 Å². The lowest BCUT2D eigenvalue weighted by Crippen LogP contribution is -2.37. The second-order valence-electron chi connectivity index (χ2n) is 6.73. The maximum atomic E-state index is 10.7. The number of rotatable bonds is 4. The van der Waals surface area contributed by atoms with Gasteiger partial charge in [-0.2, -0.15) is 9.61 Å². The maximum absolute atomic E-state index is 10.7. The monoisotopic (exact) mass is 340 g/mol. The number of hydrogen-bond donors (Lipinski definition) is 1. The van der Waals surface area contributed by atoms with Gasteiger partial charge in [-0.25, -0.2) is 9.97 Å². The number of aromatic nitrogens is 5. The molecule has 7 nitrogen and oxygen atoms in total. The molecular weight excluding hydrogens is 316 g/mol. The Labute approximate surface area is 146 Å². The van der Waals surface area contributed by atoms with Crippen molar-refractivity contribution in [3.8, 4) is 0 Å². The first-order valence-corrected chi connectivity index (χ1v) is 8.91. The minimum absolute atomic E-state index is 0.234. The summed E-state index contributed by atoms with van der Waals surface area (Å²) in [7, 11) is 1.93. The highest BCUT2D eigenvalue weighted by atomic mass is 16.3. The van der Waals surface area contributed by atoms with E-state index in [0.29, 0.717) is 0 Å². The Morgan fingerprint density at radius 1 is 1.28 bits per heavy atom. The van der Waals surface area contributed by atoms with E-state index in [2.05, 4.69) is 33.0 Å². The molecule has 0 bridgehead atoms. The van der Waals surface area contributed by atoms with Crippen molar-refractivity contribution in [3.05, 3.63) is 42.2 Å². The average molecular weight is 340 g/mol. The minimum atomic E-state index is -0.504. The summed E-state index contributed by atoms with van der Waals surface area (Å²) in [5.74, 6) is 2.08. The van der Waals surface area contributed by atoms with Crippen LogP contribution in [0.4, 0.5) is 5.82 Å². The van der Waals surface area contributed by atoms with Gasteiger partial charge in [0.1, 0.15) is 17.7 Å². The highest BCUT2D eigenvalue weighted by molar-refractivity contribution is 5.51. The Bertz CT molecular complexity index is 861. The number of hydrogen-bond acceptors (Lipinski definition) is 5. The molecule has 132 valence electrons. The Hall–Kier alpha value is -2.41. The molecule has 1 fully saturated rings. The molecule has 1 N–H and O–H groups in total. The summed E-state index contributed by atoms with van der Waals surface area (Å²) in [6, 6.07) is 4.08. The van der Waals surface area contributed by atoms with Gasteiger partial charge in [0.05, 0.1) is 6.20 Å². The summed E-state index contributed by atoms with van der Waals surface area (Å²) in [4.78, 5) is 11.3. The smallest absolute Gasteiger partial charge is 0.157 e. The molecule has 0 radical (unpaired) electrons. The predicted molar refractivity (Wildman–Crippen MR) is 95.5 cm³/mol. The molecule has 25 heavy (non-hydrogen) atoms. The topological polar surface area (TPSA) is 71.5 Å². The molecular formula is C18H24N6O. The van der Waals surface area contributed by atoms with Gasteiger partial charge in [0.15, 0.2) is 5.65 Å². The van der Waals surface area contributed by atoms with E-state index >= 15 is 0 Å². The first kappa shape index (κ1) is 16.1. The van der Waals surface area contributed by atoms with E-state index < -0.39 is 6.10 Å². The molecule has 0 amide bonds. The maximum Gasteiger partial charge on any atom is 0.157 e. The highest BCUT2D eigenvalue weighted by Crippen LogP contribution is 2.31. The summed E-state index contributed by atoms with van der Waals surface area (Å²) in [5.41, 5.74) is 1.97. The second-order valence-corrected chi connectivity index (χ2v) is 6.73. The SMILES string of the molecule is CCc1cc(N2CCC(C(O)c3nccn3C)CC2)n2nccc2n1. The predicted octanol–water partition coefficient (Wildman–Crippen LogP) is 1.98. The van der Waals surface area contributed by atoms with Crippen LogP contribution in [0, 0.1) is 5.92 Å². The summed E-state index contributed by atoms with van der Waals surface area (Å²) in [6.45, 7) is 3.91. The molecule has 1 unspecified atom stereocenters. The fourth-order valence-corrected chi connectivity index (χ4v) is 3.67. The van der Waals surface area contributed by atoms with E-state index in [-0.39, 0.29) is 5.92 Å². The number of fused-ring (bicyclic) bond motifs is 1. The van der Waals surface area contributed by atoms with Crippen molar-refractivity contribution < 1.29 is 5.11 Å². The molecule has 1 atom stereocenters. The van der Waals surface area contributed by atoms with Crippen molar-refractivity contribution >= 4 is 11.5 Å². The van der Waals surface area contributed by atoms with Crippen LogP contribution in [0.1, 0.15) is 37.4 Å². The number of aliphatic hydroxyl groups excluding tert-OH is 1. The molecule has 0 spiro atoms. The number of nitrogens with zero attached hydrogens (tertiary/aromatic N) is 6. The summed E-state index contributed by atoms with van der Waals surface area (Å²) >= 11 is 0. The van der Waals surface area contributed by atoms with Gasteiger partial charge in [0.2, 0.25) is 0 Å². The molecule has 0 aromatic carbocycles. The molecule has 1 aliphatic heterocycles. The van der Waals surface area contributed by atoms with Gasteiger partial charge >= 0.3 is 0 Å². The van der Waals surface area contributed by atoms with Crippen molar-refractivity contribution in [1.29, 1.82) is 0 Å². The van der Waals surface area contributed by atoms with Crippen molar-refractivity contribution in [2.45, 2.75) is 32.3 Å². The fourth-order valence-electron chi connectivity index (χ4n) is 3.67. The molecule has 1 saturated heterocycles. The molecule has 4 rings (SSSR count). The zero-order valence-corrected chi connectivity index (χ0v) is 14.7. The molecule has 0 aliphatic carbocycles. The van der Waals surface area contributed by atoms with E-state index in [9.17, 15) is 5.11 Å². The molecule has 0 saturated carbocycles. The number of aryl methyl sites for hydroxylation is 2. The largest absolute Gasteiger partial charge is 0.385 e. The number of anilines is 1.